The van der Waals surface area contributed by atoms with Gasteiger partial charge in [0.1, 0.15) is 5.65 Å². The summed E-state index contributed by atoms with van der Waals surface area (Å²) in [6.45, 7) is 4.47. The molecule has 0 bridgehead atoms. The molecule has 0 radical (unpaired) electrons. The van der Waals surface area contributed by atoms with Gasteiger partial charge in [-0.2, -0.15) is 0 Å². The summed E-state index contributed by atoms with van der Waals surface area (Å²) < 4.78 is 2.30. The molecule has 3 unspecified atom stereocenters. The van der Waals surface area contributed by atoms with E-state index < -0.39 is 0 Å². The summed E-state index contributed by atoms with van der Waals surface area (Å²) in [5, 5.41) is 0.727. The first-order chi connectivity index (χ1) is 19.1. The van der Waals surface area contributed by atoms with E-state index >= 15 is 0 Å². The molecule has 0 N–H and O–H groups in total. The lowest BCUT2D eigenvalue weighted by atomic mass is 9.94. The highest BCUT2D eigenvalue weighted by Crippen LogP contribution is 2.35. The first kappa shape index (κ1) is 24.4. The third-order valence-electron chi connectivity index (χ3n) is 8.51. The maximum atomic E-state index is 13.0. The highest BCUT2D eigenvalue weighted by atomic mass is 35.5. The van der Waals surface area contributed by atoms with Crippen molar-refractivity contribution in [3.63, 3.8) is 0 Å². The quantitative estimate of drug-likeness (QED) is 0.295. The van der Waals surface area contributed by atoms with Crippen LogP contribution in [-0.2, 0) is 6.54 Å². The van der Waals surface area contributed by atoms with E-state index in [0.29, 0.717) is 17.8 Å². The Balaban J connectivity index is 1.16. The molecule has 3 aliphatic rings. The van der Waals surface area contributed by atoms with Gasteiger partial charge in [0.25, 0.3) is 5.91 Å². The lowest BCUT2D eigenvalue weighted by Crippen LogP contribution is -2.33. The molecule has 2 aromatic heterocycles. The average Bonchev–Trinajstić information content (AvgIpc) is 3.66. The second kappa shape index (κ2) is 10.1. The van der Waals surface area contributed by atoms with Gasteiger partial charge in [0.05, 0.1) is 11.4 Å². The fourth-order valence-corrected chi connectivity index (χ4v) is 6.63. The molecule has 2 aliphatic heterocycles. The number of likely N-dealkylation sites (tertiary alicyclic amines) is 2. The molecule has 6 heteroatoms. The Morgan fingerprint density at radius 2 is 1.67 bits per heavy atom. The van der Waals surface area contributed by atoms with Crippen LogP contribution < -0.4 is 0 Å². The molecule has 196 valence electrons. The van der Waals surface area contributed by atoms with E-state index in [2.05, 4.69) is 64.1 Å². The van der Waals surface area contributed by atoms with Crippen LogP contribution in [-0.4, -0.2) is 51.3 Å². The summed E-state index contributed by atoms with van der Waals surface area (Å²) in [6.07, 6.45) is 12.1. The minimum atomic E-state index is 0.155. The third-order valence-corrected chi connectivity index (χ3v) is 8.76. The van der Waals surface area contributed by atoms with E-state index in [1.807, 2.05) is 47.4 Å². The fourth-order valence-electron chi connectivity index (χ4n) is 6.51. The van der Waals surface area contributed by atoms with Crippen molar-refractivity contribution in [2.75, 3.05) is 26.2 Å². The zero-order valence-electron chi connectivity index (χ0n) is 21.8. The van der Waals surface area contributed by atoms with Crippen LogP contribution in [0.4, 0.5) is 0 Å². The number of halogens is 1. The Morgan fingerprint density at radius 1 is 0.897 bits per heavy atom. The van der Waals surface area contributed by atoms with E-state index in [1.54, 1.807) is 0 Å². The minimum Gasteiger partial charge on any atom is -0.338 e. The number of hydrogen-bond donors (Lipinski definition) is 0. The van der Waals surface area contributed by atoms with Gasteiger partial charge in [-0.05, 0) is 54.2 Å². The second-order valence-corrected chi connectivity index (χ2v) is 11.5. The van der Waals surface area contributed by atoms with Crippen LogP contribution in [0.15, 0.2) is 97.2 Å². The van der Waals surface area contributed by atoms with Crippen molar-refractivity contribution in [1.29, 1.82) is 0 Å². The van der Waals surface area contributed by atoms with Gasteiger partial charge in [-0.25, -0.2) is 4.98 Å². The molecule has 2 aromatic carbocycles. The molecule has 5 nitrogen and oxygen atoms in total. The van der Waals surface area contributed by atoms with Crippen molar-refractivity contribution in [3.05, 3.63) is 119 Å². The summed E-state index contributed by atoms with van der Waals surface area (Å²) in [7, 11) is 0. The van der Waals surface area contributed by atoms with Crippen LogP contribution in [0.5, 0.6) is 0 Å². The van der Waals surface area contributed by atoms with Crippen LogP contribution in [0.2, 0.25) is 5.02 Å². The molecule has 4 aromatic rings. The molecule has 0 saturated carbocycles. The van der Waals surface area contributed by atoms with Gasteiger partial charge >= 0.3 is 0 Å². The summed E-state index contributed by atoms with van der Waals surface area (Å²) in [6, 6.07) is 22.0. The van der Waals surface area contributed by atoms with Gasteiger partial charge in [-0.15, -0.1) is 0 Å². The number of carbonyl (C=O) groups excluding carboxylic acids is 1. The number of imidazole rings is 1. The summed E-state index contributed by atoms with van der Waals surface area (Å²) in [4.78, 5) is 22.7. The number of hydrogen-bond acceptors (Lipinski definition) is 3. The standard InChI is InChI=1S/C33H31ClN4O/c34-29-14-11-24(12-15-29)32-30(38-21-26(13-16-31(38)35-32)23-7-3-1-4-8-23)22-36-17-27-19-37(20-28(27)18-36)33(39)25-9-5-2-6-10-25/h1-7,9-16,21,23,27-28H,8,17-20,22H2. The monoisotopic (exact) mass is 534 g/mol. The number of fused-ring (bicyclic) bond motifs is 2. The fraction of sp³-hybridized carbons (Fsp3) is 0.273. The Bertz CT molecular complexity index is 1560. The largest absolute Gasteiger partial charge is 0.338 e. The summed E-state index contributed by atoms with van der Waals surface area (Å²) in [5.41, 5.74) is 6.36. The van der Waals surface area contributed by atoms with Crippen molar-refractivity contribution in [1.82, 2.24) is 19.2 Å². The summed E-state index contributed by atoms with van der Waals surface area (Å²) >= 11 is 6.22. The van der Waals surface area contributed by atoms with Crippen LogP contribution in [0.1, 0.15) is 34.0 Å². The normalized spacial score (nSPS) is 22.6. The van der Waals surface area contributed by atoms with Crippen molar-refractivity contribution in [2.45, 2.75) is 18.9 Å². The smallest absolute Gasteiger partial charge is 0.253 e. The summed E-state index contributed by atoms with van der Waals surface area (Å²) in [5.74, 6) is 1.55. The highest BCUT2D eigenvalue weighted by Gasteiger charge is 2.42. The number of pyridine rings is 1. The van der Waals surface area contributed by atoms with E-state index in [1.165, 1.54) is 11.3 Å². The van der Waals surface area contributed by atoms with E-state index in [-0.39, 0.29) is 5.91 Å². The van der Waals surface area contributed by atoms with Gasteiger partial charge in [0, 0.05) is 61.0 Å². The molecular weight excluding hydrogens is 504 g/mol. The predicted molar refractivity (Wildman–Crippen MR) is 156 cm³/mol. The van der Waals surface area contributed by atoms with Crippen molar-refractivity contribution < 1.29 is 4.79 Å². The van der Waals surface area contributed by atoms with Gasteiger partial charge in [-0.3, -0.25) is 9.69 Å². The molecule has 2 saturated heterocycles. The molecule has 1 aliphatic carbocycles. The molecule has 4 heterocycles. The molecule has 1 amide bonds. The van der Waals surface area contributed by atoms with Crippen LogP contribution in [0.3, 0.4) is 0 Å². The number of allylic oxidation sites excluding steroid dienone is 4. The Labute approximate surface area is 234 Å². The Hall–Kier alpha value is -3.67. The Morgan fingerprint density at radius 3 is 2.38 bits per heavy atom. The first-order valence-electron chi connectivity index (χ1n) is 13.8. The van der Waals surface area contributed by atoms with Gasteiger partial charge < -0.3 is 9.30 Å². The van der Waals surface area contributed by atoms with Crippen molar-refractivity contribution in [3.8, 4) is 11.3 Å². The third kappa shape index (κ3) is 4.70. The van der Waals surface area contributed by atoms with Crippen molar-refractivity contribution in [2.24, 2.45) is 11.8 Å². The topological polar surface area (TPSA) is 40.9 Å². The predicted octanol–water partition coefficient (Wildman–Crippen LogP) is 6.46. The van der Waals surface area contributed by atoms with E-state index in [0.717, 1.165) is 66.6 Å². The lowest BCUT2D eigenvalue weighted by Gasteiger charge is -2.22. The minimum absolute atomic E-state index is 0.155. The number of rotatable bonds is 5. The number of carbonyl (C=O) groups is 1. The Kier molecular flexibility index (Phi) is 6.34. The van der Waals surface area contributed by atoms with E-state index in [4.69, 9.17) is 16.6 Å². The number of nitrogens with zero attached hydrogens (tertiary/aromatic N) is 4. The lowest BCUT2D eigenvalue weighted by molar-refractivity contribution is 0.0773. The van der Waals surface area contributed by atoms with E-state index in [9.17, 15) is 4.79 Å². The molecule has 2 fully saturated rings. The van der Waals surface area contributed by atoms with Crippen LogP contribution >= 0.6 is 11.6 Å². The molecule has 7 rings (SSSR count). The van der Waals surface area contributed by atoms with Gasteiger partial charge in [-0.1, -0.05) is 72.3 Å². The molecule has 0 spiro atoms. The first-order valence-corrected chi connectivity index (χ1v) is 14.2. The maximum Gasteiger partial charge on any atom is 0.253 e. The molecular formula is C33H31ClN4O. The number of aromatic nitrogens is 2. The molecule has 3 atom stereocenters. The highest BCUT2D eigenvalue weighted by molar-refractivity contribution is 6.30. The van der Waals surface area contributed by atoms with Crippen LogP contribution in [0, 0.1) is 11.8 Å². The number of amides is 1. The zero-order valence-corrected chi connectivity index (χ0v) is 22.5. The number of benzene rings is 2. The zero-order chi connectivity index (χ0) is 26.3. The second-order valence-electron chi connectivity index (χ2n) is 11.1. The average molecular weight is 535 g/mol. The van der Waals surface area contributed by atoms with Crippen molar-refractivity contribution >= 4 is 23.2 Å². The SMILES string of the molecule is O=C(c1ccccc1)N1CC2CN(Cc3c(-c4ccc(Cl)cc4)nc4ccc(C5C=CC=CC5)cn34)CC2C1. The van der Waals surface area contributed by atoms with Gasteiger partial charge in [0.15, 0.2) is 0 Å². The van der Waals surface area contributed by atoms with Gasteiger partial charge in [0.2, 0.25) is 0 Å². The molecule has 39 heavy (non-hydrogen) atoms. The van der Waals surface area contributed by atoms with Crippen LogP contribution in [0.25, 0.3) is 16.9 Å². The maximum absolute atomic E-state index is 13.0.